The van der Waals surface area contributed by atoms with E-state index < -0.39 is 23.8 Å². The third kappa shape index (κ3) is 5.53. The number of halogens is 6. The molecule has 1 aromatic rings. The van der Waals surface area contributed by atoms with E-state index in [1.165, 1.54) is 6.92 Å². The molecular weight excluding hydrogens is 347 g/mol. The number of alkyl halides is 5. The van der Waals surface area contributed by atoms with E-state index in [0.29, 0.717) is 12.1 Å². The Labute approximate surface area is 135 Å². The van der Waals surface area contributed by atoms with Crippen LogP contribution in [0.2, 0.25) is 0 Å². The van der Waals surface area contributed by atoms with E-state index in [1.807, 2.05) is 0 Å². The molecule has 0 saturated carbocycles. The Bertz CT molecular complexity index is 364. The van der Waals surface area contributed by atoms with Crippen molar-refractivity contribution in [2.45, 2.75) is 25.1 Å². The summed E-state index contributed by atoms with van der Waals surface area (Å²) in [5.41, 5.74) is -0.855. The summed E-state index contributed by atoms with van der Waals surface area (Å²) < 4.78 is 61.6. The molecule has 1 nitrogen and oxygen atoms in total. The van der Waals surface area contributed by atoms with Gasteiger partial charge in [0.1, 0.15) is 0 Å². The second kappa shape index (κ2) is 8.38. The molecule has 0 aromatic heterocycles. The normalized spacial score (nSPS) is 12.6. The SMILES string of the molecule is CC(O)c1ccc(C(F)(F)C(F)(F)F)cc1.[Br-].[CH3-].[Mg+2]. The summed E-state index contributed by atoms with van der Waals surface area (Å²) in [6.45, 7) is 1.39. The van der Waals surface area contributed by atoms with Gasteiger partial charge in [0.2, 0.25) is 0 Å². The van der Waals surface area contributed by atoms with Crippen LogP contribution >= 0.6 is 0 Å². The summed E-state index contributed by atoms with van der Waals surface area (Å²) in [7, 11) is 0. The van der Waals surface area contributed by atoms with Gasteiger partial charge in [-0.3, -0.25) is 0 Å². The first kappa shape index (κ1) is 24.1. The van der Waals surface area contributed by atoms with Gasteiger partial charge in [-0.1, -0.05) is 24.3 Å². The molecule has 1 aromatic carbocycles. The molecule has 1 N–H and O–H groups in total. The maximum Gasteiger partial charge on any atom is 2.00 e. The number of hydrogen-bond acceptors (Lipinski definition) is 1. The van der Waals surface area contributed by atoms with Gasteiger partial charge < -0.3 is 29.5 Å². The monoisotopic (exact) mass is 358 g/mol. The zero-order valence-electron chi connectivity index (χ0n) is 10.3. The van der Waals surface area contributed by atoms with E-state index >= 15 is 0 Å². The van der Waals surface area contributed by atoms with Crippen molar-refractivity contribution < 1.29 is 44.0 Å². The summed E-state index contributed by atoms with van der Waals surface area (Å²) in [5.74, 6) is -4.87. The van der Waals surface area contributed by atoms with Crippen molar-refractivity contribution in [2.75, 3.05) is 0 Å². The van der Waals surface area contributed by atoms with E-state index in [9.17, 15) is 22.0 Å². The van der Waals surface area contributed by atoms with Crippen LogP contribution in [-0.4, -0.2) is 34.3 Å². The van der Waals surface area contributed by atoms with Crippen LogP contribution in [0.25, 0.3) is 0 Å². The average molecular weight is 359 g/mol. The minimum atomic E-state index is -5.61. The smallest absolute Gasteiger partial charge is 1.00 e. The van der Waals surface area contributed by atoms with Gasteiger partial charge in [0.15, 0.2) is 0 Å². The summed E-state index contributed by atoms with van der Waals surface area (Å²) in [5, 5.41) is 9.07. The van der Waals surface area contributed by atoms with E-state index in [4.69, 9.17) is 5.11 Å². The van der Waals surface area contributed by atoms with Crippen LogP contribution in [0.3, 0.4) is 0 Å². The third-order valence-corrected chi connectivity index (χ3v) is 2.11. The fraction of sp³-hybridized carbons (Fsp3) is 0.364. The Morgan fingerprint density at radius 1 is 1.00 bits per heavy atom. The van der Waals surface area contributed by atoms with E-state index in [2.05, 4.69) is 0 Å². The summed E-state index contributed by atoms with van der Waals surface area (Å²) in [6, 6.07) is 3.41. The van der Waals surface area contributed by atoms with E-state index in [1.54, 1.807) is 0 Å². The molecule has 1 rings (SSSR count). The zero-order valence-corrected chi connectivity index (χ0v) is 13.3. The molecule has 106 valence electrons. The second-order valence-corrected chi connectivity index (χ2v) is 3.37. The molecule has 19 heavy (non-hydrogen) atoms. The number of hydrogen-bond donors (Lipinski definition) is 1. The molecule has 1 atom stereocenters. The summed E-state index contributed by atoms with van der Waals surface area (Å²) in [4.78, 5) is 0. The van der Waals surface area contributed by atoms with Crippen molar-refractivity contribution in [1.82, 2.24) is 0 Å². The molecular formula is C11H12BrF5MgO. The van der Waals surface area contributed by atoms with E-state index in [0.717, 1.165) is 12.1 Å². The van der Waals surface area contributed by atoms with Gasteiger partial charge in [0.05, 0.1) is 6.10 Å². The molecule has 0 amide bonds. The zero-order chi connectivity index (χ0) is 12.6. The van der Waals surface area contributed by atoms with Crippen LogP contribution in [0, 0.1) is 7.43 Å². The molecule has 0 spiro atoms. The van der Waals surface area contributed by atoms with Crippen LogP contribution < -0.4 is 17.0 Å². The number of rotatable bonds is 2. The number of benzene rings is 1. The summed E-state index contributed by atoms with van der Waals surface area (Å²) in [6.07, 6.45) is -6.52. The molecule has 0 aliphatic carbocycles. The van der Waals surface area contributed by atoms with Crippen LogP contribution in [0.5, 0.6) is 0 Å². The summed E-state index contributed by atoms with van der Waals surface area (Å²) >= 11 is 0. The van der Waals surface area contributed by atoms with Crippen LogP contribution in [0.1, 0.15) is 24.2 Å². The maximum atomic E-state index is 12.8. The van der Waals surface area contributed by atoms with Gasteiger partial charge in [-0.25, -0.2) is 0 Å². The van der Waals surface area contributed by atoms with Crippen molar-refractivity contribution in [3.8, 4) is 0 Å². The predicted molar refractivity (Wildman–Crippen MR) is 59.2 cm³/mol. The van der Waals surface area contributed by atoms with E-state index in [-0.39, 0.29) is 53.0 Å². The Morgan fingerprint density at radius 2 is 1.37 bits per heavy atom. The Morgan fingerprint density at radius 3 is 1.63 bits per heavy atom. The topological polar surface area (TPSA) is 20.2 Å². The Balaban J connectivity index is -0.000000853. The Hall–Kier alpha value is 0.0762. The number of aliphatic hydroxyl groups excluding tert-OH is 1. The van der Waals surface area contributed by atoms with Gasteiger partial charge in [0.25, 0.3) is 0 Å². The standard InChI is InChI=1S/C10H9F5O.CH3.BrH.Mg/c1-6(16)7-2-4-8(5-3-7)9(11,12)10(13,14)15;;;/h2-6,16H,1H3;1H3;1H;/q;-1;;+2/p-1. The molecule has 0 radical (unpaired) electrons. The van der Waals surface area contributed by atoms with Crippen molar-refractivity contribution in [1.29, 1.82) is 0 Å². The van der Waals surface area contributed by atoms with Gasteiger partial charge in [-0.2, -0.15) is 22.0 Å². The number of aliphatic hydroxyl groups is 1. The molecule has 0 fully saturated rings. The van der Waals surface area contributed by atoms with Crippen LogP contribution in [-0.2, 0) is 5.92 Å². The fourth-order valence-electron chi connectivity index (χ4n) is 1.13. The molecule has 0 aliphatic heterocycles. The maximum absolute atomic E-state index is 12.8. The second-order valence-electron chi connectivity index (χ2n) is 3.37. The van der Waals surface area contributed by atoms with Crippen molar-refractivity contribution in [2.24, 2.45) is 0 Å². The van der Waals surface area contributed by atoms with Crippen LogP contribution in [0.15, 0.2) is 24.3 Å². The minimum Gasteiger partial charge on any atom is -1.00 e. The van der Waals surface area contributed by atoms with Gasteiger partial charge in [0, 0.05) is 5.56 Å². The molecule has 0 saturated heterocycles. The first-order chi connectivity index (χ1) is 7.16. The van der Waals surface area contributed by atoms with Gasteiger partial charge in [-0.15, -0.1) is 0 Å². The van der Waals surface area contributed by atoms with Crippen molar-refractivity contribution in [3.63, 3.8) is 0 Å². The first-order valence-electron chi connectivity index (χ1n) is 4.39. The largest absolute Gasteiger partial charge is 2.00 e. The molecule has 1 unspecified atom stereocenters. The van der Waals surface area contributed by atoms with Crippen molar-refractivity contribution >= 4 is 23.1 Å². The molecule has 0 heterocycles. The minimum absolute atomic E-state index is 0. The molecule has 0 aliphatic rings. The Kier molecular flexibility index (Phi) is 10.6. The van der Waals surface area contributed by atoms with Crippen LogP contribution in [0.4, 0.5) is 22.0 Å². The quantitative estimate of drug-likeness (QED) is 0.462. The molecule has 8 heteroatoms. The average Bonchev–Trinajstić information content (AvgIpc) is 2.16. The van der Waals surface area contributed by atoms with Gasteiger partial charge in [-0.05, 0) is 12.5 Å². The predicted octanol–water partition coefficient (Wildman–Crippen LogP) is 0.467. The third-order valence-electron chi connectivity index (χ3n) is 2.11. The first-order valence-corrected chi connectivity index (χ1v) is 4.39. The molecule has 0 bridgehead atoms. The van der Waals surface area contributed by atoms with Gasteiger partial charge >= 0.3 is 35.2 Å². The van der Waals surface area contributed by atoms with Crippen molar-refractivity contribution in [3.05, 3.63) is 42.8 Å². The fourth-order valence-corrected chi connectivity index (χ4v) is 1.13.